The van der Waals surface area contributed by atoms with Crippen molar-refractivity contribution >= 4 is 11.8 Å². The van der Waals surface area contributed by atoms with Crippen LogP contribution in [0.3, 0.4) is 0 Å². The van der Waals surface area contributed by atoms with E-state index in [-0.39, 0.29) is 18.4 Å². The quantitative estimate of drug-likeness (QED) is 0.814. The van der Waals surface area contributed by atoms with Crippen LogP contribution in [0.25, 0.3) is 0 Å². The van der Waals surface area contributed by atoms with E-state index < -0.39 is 6.04 Å². The van der Waals surface area contributed by atoms with Crippen LogP contribution in [-0.4, -0.2) is 41.4 Å². The van der Waals surface area contributed by atoms with Crippen LogP contribution in [0.2, 0.25) is 0 Å². The molecular formula is C12H15N3O3. The van der Waals surface area contributed by atoms with Crippen LogP contribution in [0.15, 0.2) is 18.2 Å². The molecule has 0 radical (unpaired) electrons. The summed E-state index contributed by atoms with van der Waals surface area (Å²) in [6.07, 6.45) is 0. The number of aromatic nitrogens is 1. The molecule has 1 aliphatic heterocycles. The van der Waals surface area contributed by atoms with Crippen LogP contribution in [0, 0.1) is 0 Å². The zero-order valence-corrected chi connectivity index (χ0v) is 10.3. The van der Waals surface area contributed by atoms with Gasteiger partial charge in [-0.1, -0.05) is 6.07 Å². The van der Waals surface area contributed by atoms with E-state index in [2.05, 4.69) is 10.3 Å². The van der Waals surface area contributed by atoms with Crippen molar-refractivity contribution in [3.63, 3.8) is 0 Å². The minimum atomic E-state index is -0.475. The van der Waals surface area contributed by atoms with Crippen molar-refractivity contribution in [3.05, 3.63) is 23.9 Å². The van der Waals surface area contributed by atoms with Gasteiger partial charge in [0, 0.05) is 6.07 Å². The molecule has 1 aromatic heterocycles. The number of hydrogen-bond acceptors (Lipinski definition) is 4. The van der Waals surface area contributed by atoms with Gasteiger partial charge in [-0.3, -0.25) is 9.59 Å². The summed E-state index contributed by atoms with van der Waals surface area (Å²) in [4.78, 5) is 29.0. The largest absolute Gasteiger partial charge is 0.481 e. The Hall–Kier alpha value is -2.11. The van der Waals surface area contributed by atoms with Gasteiger partial charge in [0.05, 0.1) is 19.3 Å². The number of amides is 2. The fourth-order valence-corrected chi connectivity index (χ4v) is 1.86. The van der Waals surface area contributed by atoms with E-state index in [4.69, 9.17) is 4.74 Å². The number of hydrogen-bond donors (Lipinski definition) is 1. The summed E-state index contributed by atoms with van der Waals surface area (Å²) in [5, 5.41) is 2.59. The maximum Gasteiger partial charge on any atom is 0.245 e. The number of carbonyl (C=O) groups excluding carboxylic acids is 2. The zero-order valence-electron chi connectivity index (χ0n) is 10.3. The Bertz CT molecular complexity index is 475. The molecule has 96 valence electrons. The van der Waals surface area contributed by atoms with Crippen LogP contribution < -0.4 is 10.1 Å². The monoisotopic (exact) mass is 249 g/mol. The van der Waals surface area contributed by atoms with Crippen molar-refractivity contribution in [1.82, 2.24) is 15.2 Å². The Labute approximate surface area is 105 Å². The highest BCUT2D eigenvalue weighted by molar-refractivity contribution is 5.94. The van der Waals surface area contributed by atoms with Gasteiger partial charge in [0.2, 0.25) is 17.7 Å². The summed E-state index contributed by atoms with van der Waals surface area (Å²) in [7, 11) is 1.54. The number of methoxy groups -OCH3 is 1. The lowest BCUT2D eigenvalue weighted by molar-refractivity contribution is -0.144. The maximum atomic E-state index is 11.9. The van der Waals surface area contributed by atoms with E-state index in [0.29, 0.717) is 18.1 Å². The predicted molar refractivity (Wildman–Crippen MR) is 63.8 cm³/mol. The van der Waals surface area contributed by atoms with Gasteiger partial charge in [-0.2, -0.15) is 0 Å². The fraction of sp³-hybridized carbons (Fsp3) is 0.417. The number of rotatable bonds is 3. The van der Waals surface area contributed by atoms with Crippen molar-refractivity contribution in [2.75, 3.05) is 13.7 Å². The average molecular weight is 249 g/mol. The third-order valence-corrected chi connectivity index (χ3v) is 2.74. The van der Waals surface area contributed by atoms with Gasteiger partial charge in [-0.05, 0) is 13.0 Å². The van der Waals surface area contributed by atoms with Crippen LogP contribution in [0.5, 0.6) is 5.88 Å². The molecule has 1 aromatic rings. The first-order valence-corrected chi connectivity index (χ1v) is 5.68. The Morgan fingerprint density at radius 3 is 3.00 bits per heavy atom. The number of carbonyl (C=O) groups is 2. The Balaban J connectivity index is 2.12. The first-order chi connectivity index (χ1) is 8.60. The summed E-state index contributed by atoms with van der Waals surface area (Å²) in [5.41, 5.74) is 0.699. The van der Waals surface area contributed by atoms with Crippen molar-refractivity contribution in [2.45, 2.75) is 19.5 Å². The number of nitrogens with one attached hydrogen (secondary N) is 1. The average Bonchev–Trinajstić information content (AvgIpc) is 2.35. The Morgan fingerprint density at radius 2 is 2.28 bits per heavy atom. The van der Waals surface area contributed by atoms with Crippen molar-refractivity contribution in [1.29, 1.82) is 0 Å². The third-order valence-electron chi connectivity index (χ3n) is 2.74. The second kappa shape index (κ2) is 5.03. The molecule has 0 aromatic carbocycles. The summed E-state index contributed by atoms with van der Waals surface area (Å²) >= 11 is 0. The molecule has 1 unspecified atom stereocenters. The molecule has 1 atom stereocenters. The molecule has 1 fully saturated rings. The summed E-state index contributed by atoms with van der Waals surface area (Å²) < 4.78 is 5.02. The van der Waals surface area contributed by atoms with Crippen LogP contribution in [-0.2, 0) is 16.1 Å². The Morgan fingerprint density at radius 1 is 1.50 bits per heavy atom. The lowest BCUT2D eigenvalue weighted by Crippen LogP contribution is -2.56. The molecular weight excluding hydrogens is 234 g/mol. The smallest absolute Gasteiger partial charge is 0.245 e. The molecule has 1 saturated heterocycles. The van der Waals surface area contributed by atoms with Crippen molar-refractivity contribution in [3.8, 4) is 5.88 Å². The van der Waals surface area contributed by atoms with E-state index in [1.165, 1.54) is 12.0 Å². The number of nitrogens with zero attached hydrogens (tertiary/aromatic N) is 2. The number of ether oxygens (including phenoxy) is 1. The SMILES string of the molecule is COc1cccc(CN2CC(=O)NC(C)C2=O)n1. The first kappa shape index (κ1) is 12.3. The summed E-state index contributed by atoms with van der Waals surface area (Å²) in [6, 6.07) is 4.86. The zero-order chi connectivity index (χ0) is 13.1. The summed E-state index contributed by atoms with van der Waals surface area (Å²) in [6.45, 7) is 2.06. The molecule has 1 aliphatic rings. The van der Waals surface area contributed by atoms with E-state index in [1.807, 2.05) is 0 Å². The molecule has 0 bridgehead atoms. The predicted octanol–water partition coefficient (Wildman–Crippen LogP) is -0.0629. The molecule has 2 heterocycles. The highest BCUT2D eigenvalue weighted by Gasteiger charge is 2.29. The van der Waals surface area contributed by atoms with Crippen LogP contribution in [0.4, 0.5) is 0 Å². The van der Waals surface area contributed by atoms with Gasteiger partial charge < -0.3 is 15.0 Å². The van der Waals surface area contributed by atoms with Crippen molar-refractivity contribution in [2.24, 2.45) is 0 Å². The van der Waals surface area contributed by atoms with Gasteiger partial charge in [0.25, 0.3) is 0 Å². The van der Waals surface area contributed by atoms with E-state index >= 15 is 0 Å². The first-order valence-electron chi connectivity index (χ1n) is 5.68. The third kappa shape index (κ3) is 2.58. The molecule has 6 nitrogen and oxygen atoms in total. The molecule has 18 heavy (non-hydrogen) atoms. The lowest BCUT2D eigenvalue weighted by atomic mass is 10.2. The Kier molecular flexibility index (Phi) is 3.45. The van der Waals surface area contributed by atoms with Crippen molar-refractivity contribution < 1.29 is 14.3 Å². The minimum Gasteiger partial charge on any atom is -0.481 e. The number of piperazine rings is 1. The lowest BCUT2D eigenvalue weighted by Gasteiger charge is -2.30. The van der Waals surface area contributed by atoms with Gasteiger partial charge in [0.1, 0.15) is 12.6 Å². The van der Waals surface area contributed by atoms with E-state index in [0.717, 1.165) is 0 Å². The molecule has 6 heteroatoms. The molecule has 0 spiro atoms. The molecule has 0 saturated carbocycles. The highest BCUT2D eigenvalue weighted by atomic mass is 16.5. The fourth-order valence-electron chi connectivity index (χ4n) is 1.86. The van der Waals surface area contributed by atoms with E-state index in [1.54, 1.807) is 25.1 Å². The van der Waals surface area contributed by atoms with Gasteiger partial charge in [-0.15, -0.1) is 0 Å². The van der Waals surface area contributed by atoms with Gasteiger partial charge in [-0.25, -0.2) is 4.98 Å². The second-order valence-corrected chi connectivity index (χ2v) is 4.15. The van der Waals surface area contributed by atoms with E-state index in [9.17, 15) is 9.59 Å². The molecule has 1 N–H and O–H groups in total. The topological polar surface area (TPSA) is 71.5 Å². The summed E-state index contributed by atoms with van der Waals surface area (Å²) in [5.74, 6) is 0.249. The standard InChI is InChI=1S/C12H15N3O3/c1-8-12(17)15(7-10(16)13-8)6-9-4-3-5-11(14-9)18-2/h3-5,8H,6-7H2,1-2H3,(H,13,16). The molecule has 0 aliphatic carbocycles. The van der Waals surface area contributed by atoms with Gasteiger partial charge >= 0.3 is 0 Å². The van der Waals surface area contributed by atoms with Crippen LogP contribution in [0.1, 0.15) is 12.6 Å². The molecule has 2 rings (SSSR count). The maximum absolute atomic E-state index is 11.9. The normalized spacial score (nSPS) is 19.7. The van der Waals surface area contributed by atoms with Crippen LogP contribution >= 0.6 is 0 Å². The highest BCUT2D eigenvalue weighted by Crippen LogP contribution is 2.11. The minimum absolute atomic E-state index is 0.0715. The molecule has 2 amide bonds. The number of pyridine rings is 1. The second-order valence-electron chi connectivity index (χ2n) is 4.15. The van der Waals surface area contributed by atoms with Gasteiger partial charge in [0.15, 0.2) is 0 Å².